The van der Waals surface area contributed by atoms with Gasteiger partial charge in [0.15, 0.2) is 0 Å². The molecule has 0 saturated carbocycles. The summed E-state index contributed by atoms with van der Waals surface area (Å²) in [6.45, 7) is 5.16. The Bertz CT molecular complexity index is 644. The highest BCUT2D eigenvalue weighted by atomic mass is 32.2. The van der Waals surface area contributed by atoms with Crippen molar-refractivity contribution in [1.82, 2.24) is 8.61 Å². The first-order chi connectivity index (χ1) is 11.0. The quantitative estimate of drug-likeness (QED) is 0.844. The molecule has 2 aliphatic heterocycles. The molecule has 128 valence electrons. The minimum absolute atomic E-state index is 0.256. The van der Waals surface area contributed by atoms with Gasteiger partial charge in [0.2, 0.25) is 0 Å². The molecule has 0 amide bonds. The minimum Gasteiger partial charge on any atom is -0.367 e. The summed E-state index contributed by atoms with van der Waals surface area (Å²) < 4.78 is 42.5. The summed E-state index contributed by atoms with van der Waals surface area (Å²) >= 11 is 0. The number of hydrogen-bond donors (Lipinski definition) is 0. The van der Waals surface area contributed by atoms with E-state index < -0.39 is 10.2 Å². The Balaban J connectivity index is 1.65. The van der Waals surface area contributed by atoms with Crippen LogP contribution in [-0.4, -0.2) is 56.3 Å². The molecule has 1 atom stereocenters. The molecule has 2 fully saturated rings. The highest BCUT2D eigenvalue weighted by Crippen LogP contribution is 2.24. The molecule has 1 unspecified atom stereocenters. The van der Waals surface area contributed by atoms with Crippen LogP contribution in [0.5, 0.6) is 0 Å². The van der Waals surface area contributed by atoms with Crippen LogP contribution in [0.2, 0.25) is 0 Å². The van der Waals surface area contributed by atoms with Crippen molar-refractivity contribution in [2.45, 2.75) is 19.8 Å². The van der Waals surface area contributed by atoms with Crippen LogP contribution in [0.4, 0.5) is 10.1 Å². The highest BCUT2D eigenvalue weighted by molar-refractivity contribution is 7.86. The SMILES string of the molecule is CC1CCCN(S(=O)(=O)N2CCN(c3ccccc3F)CC2)C1. The van der Waals surface area contributed by atoms with E-state index in [0.29, 0.717) is 50.9 Å². The van der Waals surface area contributed by atoms with Gasteiger partial charge in [-0.1, -0.05) is 19.1 Å². The van der Waals surface area contributed by atoms with Gasteiger partial charge in [0.05, 0.1) is 5.69 Å². The largest absolute Gasteiger partial charge is 0.367 e. The predicted molar refractivity (Wildman–Crippen MR) is 89.1 cm³/mol. The summed E-state index contributed by atoms with van der Waals surface area (Å²) in [5, 5.41) is 0. The van der Waals surface area contributed by atoms with Gasteiger partial charge in [-0.25, -0.2) is 4.39 Å². The Kier molecular flexibility index (Phi) is 4.89. The van der Waals surface area contributed by atoms with E-state index in [2.05, 4.69) is 6.92 Å². The fraction of sp³-hybridized carbons (Fsp3) is 0.625. The van der Waals surface area contributed by atoms with Gasteiger partial charge in [-0.05, 0) is 30.9 Å². The lowest BCUT2D eigenvalue weighted by Crippen LogP contribution is -2.54. The van der Waals surface area contributed by atoms with Gasteiger partial charge in [0.1, 0.15) is 5.82 Å². The fourth-order valence-corrected chi connectivity index (χ4v) is 5.14. The molecule has 5 nitrogen and oxygen atoms in total. The van der Waals surface area contributed by atoms with Crippen molar-refractivity contribution in [3.05, 3.63) is 30.1 Å². The van der Waals surface area contributed by atoms with E-state index in [9.17, 15) is 12.8 Å². The normalized spacial score (nSPS) is 24.8. The van der Waals surface area contributed by atoms with E-state index in [0.717, 1.165) is 12.8 Å². The van der Waals surface area contributed by atoms with Crippen molar-refractivity contribution >= 4 is 15.9 Å². The lowest BCUT2D eigenvalue weighted by Gasteiger charge is -2.39. The molecule has 0 aromatic heterocycles. The van der Waals surface area contributed by atoms with E-state index in [1.165, 1.54) is 6.07 Å². The van der Waals surface area contributed by atoms with E-state index >= 15 is 0 Å². The molecule has 0 N–H and O–H groups in total. The lowest BCUT2D eigenvalue weighted by atomic mass is 10.0. The molecule has 2 aliphatic rings. The Labute approximate surface area is 137 Å². The van der Waals surface area contributed by atoms with E-state index in [1.54, 1.807) is 26.8 Å². The molecule has 0 spiro atoms. The number of nitrogens with zero attached hydrogens (tertiary/aromatic N) is 3. The van der Waals surface area contributed by atoms with Crippen molar-refractivity contribution in [2.24, 2.45) is 5.92 Å². The standard InChI is InChI=1S/C16H24FN3O2S/c1-14-5-4-8-20(13-14)23(21,22)19-11-9-18(10-12-19)16-7-3-2-6-15(16)17/h2-3,6-7,14H,4-5,8-13H2,1H3. The second-order valence-corrected chi connectivity index (χ2v) is 8.38. The lowest BCUT2D eigenvalue weighted by molar-refractivity contribution is 0.254. The van der Waals surface area contributed by atoms with Crippen molar-refractivity contribution in [3.8, 4) is 0 Å². The molecule has 23 heavy (non-hydrogen) atoms. The summed E-state index contributed by atoms with van der Waals surface area (Å²) in [6.07, 6.45) is 2.02. The second-order valence-electron chi connectivity index (χ2n) is 6.45. The molecule has 0 bridgehead atoms. The zero-order valence-electron chi connectivity index (χ0n) is 13.5. The maximum Gasteiger partial charge on any atom is 0.282 e. The maximum atomic E-state index is 13.9. The third-order valence-electron chi connectivity index (χ3n) is 4.70. The summed E-state index contributed by atoms with van der Waals surface area (Å²) in [5.74, 6) is 0.159. The third-order valence-corrected chi connectivity index (χ3v) is 6.71. The maximum absolute atomic E-state index is 13.9. The highest BCUT2D eigenvalue weighted by Gasteiger charge is 2.34. The zero-order valence-corrected chi connectivity index (χ0v) is 14.3. The average Bonchev–Trinajstić information content (AvgIpc) is 2.55. The second kappa shape index (κ2) is 6.75. The molecule has 0 aliphatic carbocycles. The van der Waals surface area contributed by atoms with Gasteiger partial charge >= 0.3 is 0 Å². The molecule has 2 saturated heterocycles. The number of para-hydroxylation sites is 1. The Morgan fingerprint density at radius 3 is 2.39 bits per heavy atom. The van der Waals surface area contributed by atoms with E-state index in [4.69, 9.17) is 0 Å². The van der Waals surface area contributed by atoms with Crippen LogP contribution in [0, 0.1) is 11.7 Å². The number of hydrogen-bond acceptors (Lipinski definition) is 3. The summed E-state index contributed by atoms with van der Waals surface area (Å²) in [5.41, 5.74) is 0.552. The smallest absolute Gasteiger partial charge is 0.282 e. The van der Waals surface area contributed by atoms with Gasteiger partial charge in [-0.15, -0.1) is 0 Å². The predicted octanol–water partition coefficient (Wildman–Crippen LogP) is 1.92. The summed E-state index contributed by atoms with van der Waals surface area (Å²) in [7, 11) is -3.39. The van der Waals surface area contributed by atoms with Crippen LogP contribution in [0.15, 0.2) is 24.3 Å². The number of benzene rings is 1. The van der Waals surface area contributed by atoms with Gasteiger partial charge in [0, 0.05) is 39.3 Å². The van der Waals surface area contributed by atoms with Gasteiger partial charge < -0.3 is 4.90 Å². The van der Waals surface area contributed by atoms with Gasteiger partial charge in [-0.3, -0.25) is 0 Å². The van der Waals surface area contributed by atoms with Crippen LogP contribution < -0.4 is 4.90 Å². The first-order valence-corrected chi connectivity index (χ1v) is 9.63. The first kappa shape index (κ1) is 16.7. The molecule has 1 aromatic rings. The van der Waals surface area contributed by atoms with Gasteiger partial charge in [0.25, 0.3) is 10.2 Å². The number of anilines is 1. The number of rotatable bonds is 3. The third kappa shape index (κ3) is 3.51. The summed E-state index contributed by atoms with van der Waals surface area (Å²) in [4.78, 5) is 1.92. The van der Waals surface area contributed by atoms with Crippen LogP contribution in [-0.2, 0) is 10.2 Å². The van der Waals surface area contributed by atoms with E-state index in [-0.39, 0.29) is 5.82 Å². The molecule has 0 radical (unpaired) electrons. The number of halogens is 1. The van der Waals surface area contributed by atoms with Gasteiger partial charge in [-0.2, -0.15) is 17.0 Å². The monoisotopic (exact) mass is 341 g/mol. The van der Waals surface area contributed by atoms with Crippen LogP contribution in [0.1, 0.15) is 19.8 Å². The van der Waals surface area contributed by atoms with Crippen molar-refractivity contribution in [1.29, 1.82) is 0 Å². The topological polar surface area (TPSA) is 43.9 Å². The molecule has 3 rings (SSSR count). The summed E-state index contributed by atoms with van der Waals surface area (Å²) in [6, 6.07) is 6.65. The Morgan fingerprint density at radius 1 is 1.04 bits per heavy atom. The zero-order chi connectivity index (χ0) is 16.4. The molecular formula is C16H24FN3O2S. The van der Waals surface area contributed by atoms with Crippen LogP contribution >= 0.6 is 0 Å². The molecule has 2 heterocycles. The van der Waals surface area contributed by atoms with Crippen molar-refractivity contribution in [3.63, 3.8) is 0 Å². The van der Waals surface area contributed by atoms with Crippen molar-refractivity contribution in [2.75, 3.05) is 44.2 Å². The first-order valence-electron chi connectivity index (χ1n) is 8.23. The van der Waals surface area contributed by atoms with Crippen LogP contribution in [0.3, 0.4) is 0 Å². The molecular weight excluding hydrogens is 317 g/mol. The molecule has 7 heteroatoms. The number of piperidine rings is 1. The number of piperazine rings is 1. The van der Waals surface area contributed by atoms with Crippen LogP contribution in [0.25, 0.3) is 0 Å². The van der Waals surface area contributed by atoms with E-state index in [1.807, 2.05) is 4.90 Å². The molecule has 1 aromatic carbocycles. The Morgan fingerprint density at radius 2 is 1.74 bits per heavy atom. The average molecular weight is 341 g/mol. The minimum atomic E-state index is -3.39. The Hall–Kier alpha value is -1.18. The fourth-order valence-electron chi connectivity index (χ4n) is 3.39. The van der Waals surface area contributed by atoms with Crippen molar-refractivity contribution < 1.29 is 12.8 Å².